The lowest BCUT2D eigenvalue weighted by molar-refractivity contribution is -0.143. The molecule has 5 nitrogen and oxygen atoms in total. The number of fused-ring (bicyclic) bond motifs is 1. The van der Waals surface area contributed by atoms with Crippen molar-refractivity contribution in [1.82, 2.24) is 19.4 Å². The summed E-state index contributed by atoms with van der Waals surface area (Å²) in [6.07, 6.45) is -7.01. The zero-order valence-electron chi connectivity index (χ0n) is 20.9. The Morgan fingerprint density at radius 1 is 0.921 bits per heavy atom. The first-order valence-corrected chi connectivity index (χ1v) is 12.1. The first-order valence-electron chi connectivity index (χ1n) is 12.1. The summed E-state index contributed by atoms with van der Waals surface area (Å²) in [4.78, 5) is 20.9. The number of aromatic amines is 2. The molecule has 38 heavy (non-hydrogen) atoms. The predicted octanol–water partition coefficient (Wildman–Crippen LogP) is 6.02. The maximum absolute atomic E-state index is 13.4. The van der Waals surface area contributed by atoms with Gasteiger partial charge in [-0.25, -0.2) is 4.79 Å². The van der Waals surface area contributed by atoms with E-state index < -0.39 is 23.5 Å². The molecule has 0 spiro atoms. The normalized spacial score (nSPS) is 12.7. The minimum absolute atomic E-state index is 0.0942. The van der Waals surface area contributed by atoms with Gasteiger partial charge in [0.05, 0.1) is 11.1 Å². The Morgan fingerprint density at radius 3 is 2.21 bits per heavy atom. The number of nitrogens with one attached hydrogen (secondary N) is 2. The molecule has 0 aliphatic heterocycles. The minimum atomic E-state index is -4.92. The first kappa shape index (κ1) is 27.6. The van der Waals surface area contributed by atoms with Crippen LogP contribution in [0.4, 0.5) is 26.3 Å². The molecule has 0 aliphatic rings. The summed E-state index contributed by atoms with van der Waals surface area (Å²) in [6.45, 7) is 1.07. The third kappa shape index (κ3) is 6.32. The van der Waals surface area contributed by atoms with E-state index in [1.54, 1.807) is 4.57 Å². The molecule has 0 amide bonds. The quantitative estimate of drug-likeness (QED) is 0.256. The number of aryl methyl sites for hydroxylation is 1. The lowest BCUT2D eigenvalue weighted by atomic mass is 9.99. The zero-order chi connectivity index (χ0) is 27.7. The van der Waals surface area contributed by atoms with Crippen molar-refractivity contribution in [3.05, 3.63) is 92.8 Å². The van der Waals surface area contributed by atoms with Crippen molar-refractivity contribution in [3.8, 4) is 0 Å². The van der Waals surface area contributed by atoms with Gasteiger partial charge in [0.25, 0.3) is 0 Å². The van der Waals surface area contributed by atoms with E-state index in [2.05, 4.69) is 9.97 Å². The monoisotopic (exact) mass is 538 g/mol. The largest absolute Gasteiger partial charge is 0.416 e. The standard InChI is InChI=1S/C27H28F6N4O/c1-36(2)10-5-11-37-24(9-8-17-12-19(26(28,29)30)15-20(13-17)27(31,32)33)23(35-25(37)38)14-18-16-34-22-7-4-3-6-21(18)22/h3-4,6-7,12-13,15-16,34H,5,8-11,14H2,1-2H3,(H,35,38). The van der Waals surface area contributed by atoms with Gasteiger partial charge >= 0.3 is 18.0 Å². The molecule has 4 rings (SSSR count). The molecule has 2 aromatic carbocycles. The Hall–Kier alpha value is -3.47. The maximum Gasteiger partial charge on any atom is 0.416 e. The Bertz CT molecular complexity index is 1430. The van der Waals surface area contributed by atoms with E-state index in [4.69, 9.17) is 0 Å². The molecule has 0 fully saturated rings. The molecule has 11 heteroatoms. The van der Waals surface area contributed by atoms with Gasteiger partial charge < -0.3 is 14.9 Å². The van der Waals surface area contributed by atoms with Crippen molar-refractivity contribution in [2.75, 3.05) is 20.6 Å². The van der Waals surface area contributed by atoms with Gasteiger partial charge in [-0.2, -0.15) is 26.3 Å². The average Bonchev–Trinajstić information content (AvgIpc) is 3.37. The molecule has 2 aromatic heterocycles. The van der Waals surface area contributed by atoms with Gasteiger partial charge in [0.2, 0.25) is 0 Å². The highest BCUT2D eigenvalue weighted by atomic mass is 19.4. The van der Waals surface area contributed by atoms with Crippen LogP contribution in [0.15, 0.2) is 53.5 Å². The number of rotatable bonds is 9. The minimum Gasteiger partial charge on any atom is -0.361 e. The van der Waals surface area contributed by atoms with E-state index in [1.165, 1.54) is 0 Å². The van der Waals surface area contributed by atoms with E-state index in [1.807, 2.05) is 49.5 Å². The van der Waals surface area contributed by atoms with E-state index in [0.717, 1.165) is 28.6 Å². The van der Waals surface area contributed by atoms with Crippen LogP contribution in [-0.4, -0.2) is 40.1 Å². The Labute approximate surface area is 215 Å². The fraction of sp³-hybridized carbons (Fsp3) is 0.370. The molecular formula is C27H28F6N4O. The molecule has 0 atom stereocenters. The third-order valence-corrected chi connectivity index (χ3v) is 6.50. The smallest absolute Gasteiger partial charge is 0.361 e. The van der Waals surface area contributed by atoms with Gasteiger partial charge in [0, 0.05) is 41.5 Å². The Morgan fingerprint density at radius 2 is 1.58 bits per heavy atom. The highest BCUT2D eigenvalue weighted by Gasteiger charge is 2.36. The molecule has 2 N–H and O–H groups in total. The SMILES string of the molecule is CN(C)CCCn1c(CCc2cc(C(F)(F)F)cc(C(F)(F)F)c2)c(Cc2c[nH]c3ccccc23)[nH]c1=O. The summed E-state index contributed by atoms with van der Waals surface area (Å²) < 4.78 is 81.6. The van der Waals surface area contributed by atoms with E-state index in [-0.39, 0.29) is 30.2 Å². The molecule has 0 saturated heterocycles. The zero-order valence-corrected chi connectivity index (χ0v) is 20.9. The van der Waals surface area contributed by atoms with Crippen molar-refractivity contribution < 1.29 is 26.3 Å². The summed E-state index contributed by atoms with van der Waals surface area (Å²) in [7, 11) is 3.80. The van der Waals surface area contributed by atoms with Gasteiger partial charge in [-0.1, -0.05) is 18.2 Å². The summed E-state index contributed by atoms with van der Waals surface area (Å²) >= 11 is 0. The number of H-pyrrole nitrogens is 2. The fourth-order valence-electron chi connectivity index (χ4n) is 4.66. The van der Waals surface area contributed by atoms with Crippen molar-refractivity contribution in [2.24, 2.45) is 0 Å². The molecule has 4 aromatic rings. The second-order valence-corrected chi connectivity index (χ2v) is 9.61. The maximum atomic E-state index is 13.4. The molecule has 0 saturated carbocycles. The van der Waals surface area contributed by atoms with Crippen LogP contribution in [0.25, 0.3) is 10.9 Å². The summed E-state index contributed by atoms with van der Waals surface area (Å²) in [5.41, 5.74) is -0.148. The number of benzene rings is 2. The number of aromatic nitrogens is 3. The van der Waals surface area contributed by atoms with E-state index >= 15 is 0 Å². The number of hydrogen-bond acceptors (Lipinski definition) is 2. The molecule has 0 bridgehead atoms. The van der Waals surface area contributed by atoms with Crippen LogP contribution < -0.4 is 5.69 Å². The molecular weight excluding hydrogens is 510 g/mol. The van der Waals surface area contributed by atoms with Gasteiger partial charge in [-0.15, -0.1) is 0 Å². The second-order valence-electron chi connectivity index (χ2n) is 9.61. The number of imidazole rings is 1. The highest BCUT2D eigenvalue weighted by molar-refractivity contribution is 5.83. The lowest BCUT2D eigenvalue weighted by Gasteiger charge is -2.15. The Kier molecular flexibility index (Phi) is 7.78. The number of hydrogen-bond donors (Lipinski definition) is 2. The lowest BCUT2D eigenvalue weighted by Crippen LogP contribution is -2.22. The number of nitrogens with zero attached hydrogens (tertiary/aromatic N) is 2. The number of para-hydroxylation sites is 1. The molecule has 204 valence electrons. The van der Waals surface area contributed by atoms with Crippen LogP contribution in [-0.2, 0) is 38.2 Å². The van der Waals surface area contributed by atoms with Crippen LogP contribution >= 0.6 is 0 Å². The van der Waals surface area contributed by atoms with E-state index in [0.29, 0.717) is 37.3 Å². The van der Waals surface area contributed by atoms with Crippen molar-refractivity contribution in [1.29, 1.82) is 0 Å². The van der Waals surface area contributed by atoms with Gasteiger partial charge in [-0.3, -0.25) is 4.57 Å². The summed E-state index contributed by atoms with van der Waals surface area (Å²) in [5, 5.41) is 0.965. The van der Waals surface area contributed by atoms with Gasteiger partial charge in [0.1, 0.15) is 0 Å². The number of alkyl halides is 6. The Balaban J connectivity index is 1.69. The first-order chi connectivity index (χ1) is 17.8. The number of halogens is 6. The molecule has 2 heterocycles. The van der Waals surface area contributed by atoms with Crippen LogP contribution in [0.2, 0.25) is 0 Å². The van der Waals surface area contributed by atoms with Crippen molar-refractivity contribution >= 4 is 10.9 Å². The molecule has 0 radical (unpaired) electrons. The molecule has 0 unspecified atom stereocenters. The van der Waals surface area contributed by atoms with Crippen molar-refractivity contribution in [3.63, 3.8) is 0 Å². The third-order valence-electron chi connectivity index (χ3n) is 6.50. The van der Waals surface area contributed by atoms with Crippen LogP contribution in [0, 0.1) is 0 Å². The molecule has 0 aliphatic carbocycles. The predicted molar refractivity (Wildman–Crippen MR) is 133 cm³/mol. The van der Waals surface area contributed by atoms with Crippen LogP contribution in [0.1, 0.15) is 40.1 Å². The van der Waals surface area contributed by atoms with Crippen LogP contribution in [0.5, 0.6) is 0 Å². The van der Waals surface area contributed by atoms with E-state index in [9.17, 15) is 31.1 Å². The average molecular weight is 539 g/mol. The summed E-state index contributed by atoms with van der Waals surface area (Å²) in [5.74, 6) is 0. The van der Waals surface area contributed by atoms with Gasteiger partial charge in [0.15, 0.2) is 0 Å². The van der Waals surface area contributed by atoms with Crippen LogP contribution in [0.3, 0.4) is 0 Å². The fourth-order valence-corrected chi connectivity index (χ4v) is 4.66. The topological polar surface area (TPSA) is 56.8 Å². The second kappa shape index (κ2) is 10.7. The van der Waals surface area contributed by atoms with Gasteiger partial charge in [-0.05, 0) is 75.3 Å². The summed E-state index contributed by atoms with van der Waals surface area (Å²) in [6, 6.07) is 9.25. The highest BCUT2D eigenvalue weighted by Crippen LogP contribution is 2.36. The van der Waals surface area contributed by atoms with Crippen molar-refractivity contribution in [2.45, 2.75) is 44.6 Å².